The summed E-state index contributed by atoms with van der Waals surface area (Å²) in [6.45, 7) is 6.69. The number of ether oxygens (including phenoxy) is 1. The van der Waals surface area contributed by atoms with Gasteiger partial charge in [0.15, 0.2) is 0 Å². The van der Waals surface area contributed by atoms with Crippen LogP contribution < -0.4 is 0 Å². The molecule has 1 aliphatic rings. The van der Waals surface area contributed by atoms with Crippen molar-refractivity contribution >= 4 is 27.0 Å². The maximum absolute atomic E-state index is 12.9. The molecule has 3 aromatic rings. The lowest BCUT2D eigenvalue weighted by Gasteiger charge is -2.40. The predicted molar refractivity (Wildman–Crippen MR) is 109 cm³/mol. The molecule has 0 N–H and O–H groups in total. The molecule has 0 spiro atoms. The molecule has 2 aromatic carbocycles. The van der Waals surface area contributed by atoms with Gasteiger partial charge in [-0.25, -0.2) is 4.79 Å². The van der Waals surface area contributed by atoms with Gasteiger partial charge in [0.1, 0.15) is 5.60 Å². The Morgan fingerprint density at radius 1 is 1.10 bits per heavy atom. The normalized spacial score (nSPS) is 15.3. The smallest absolute Gasteiger partial charge is 0.410 e. The van der Waals surface area contributed by atoms with Crippen LogP contribution in [-0.2, 0) is 14.8 Å². The van der Waals surface area contributed by atoms with Gasteiger partial charge in [-0.2, -0.15) is 17.6 Å². The van der Waals surface area contributed by atoms with Crippen molar-refractivity contribution in [3.63, 3.8) is 0 Å². The average molecular weight is 413 g/mol. The number of fused-ring (bicyclic) bond motifs is 1. The zero-order valence-corrected chi connectivity index (χ0v) is 17.4. The summed E-state index contributed by atoms with van der Waals surface area (Å²) in [5, 5.41) is 4.86. The van der Waals surface area contributed by atoms with Crippen LogP contribution in [0.2, 0.25) is 0 Å². The maximum atomic E-state index is 12.9. The van der Waals surface area contributed by atoms with Crippen molar-refractivity contribution in [2.24, 2.45) is 0 Å². The van der Waals surface area contributed by atoms with Crippen molar-refractivity contribution in [3.05, 3.63) is 60.3 Å². The third-order valence-electron chi connectivity index (χ3n) is 4.83. The Bertz CT molecular complexity index is 1160. The molecule has 152 valence electrons. The number of rotatable bonds is 3. The van der Waals surface area contributed by atoms with E-state index >= 15 is 0 Å². The van der Waals surface area contributed by atoms with Crippen LogP contribution in [0, 0.1) is 0 Å². The standard InChI is InChI=1S/C21H23N3O4S/c1-21(2,3)28-20(25)23-13-17(14-23)15-9-10-19-16(11-15)12-22-24(19)29(26,27)18-7-5-4-6-8-18/h4-12,17H,13-14H2,1-3H3. The minimum atomic E-state index is -3.75. The van der Waals surface area contributed by atoms with E-state index in [9.17, 15) is 13.2 Å². The molecule has 0 bridgehead atoms. The number of likely N-dealkylation sites (tertiary alicyclic amines) is 1. The second-order valence-corrected chi connectivity index (χ2v) is 9.97. The molecule has 1 aliphatic heterocycles. The molecule has 2 heterocycles. The van der Waals surface area contributed by atoms with E-state index in [0.29, 0.717) is 18.6 Å². The van der Waals surface area contributed by atoms with Gasteiger partial charge in [-0.15, -0.1) is 0 Å². The number of nitrogens with zero attached hydrogens (tertiary/aromatic N) is 3. The van der Waals surface area contributed by atoms with Gasteiger partial charge < -0.3 is 9.64 Å². The monoisotopic (exact) mass is 413 g/mol. The number of hydrogen-bond acceptors (Lipinski definition) is 5. The quantitative estimate of drug-likeness (QED) is 0.655. The van der Waals surface area contributed by atoms with E-state index in [2.05, 4.69) is 5.10 Å². The van der Waals surface area contributed by atoms with Gasteiger partial charge in [-0.1, -0.05) is 24.3 Å². The lowest BCUT2D eigenvalue weighted by Crippen LogP contribution is -2.50. The fourth-order valence-corrected chi connectivity index (χ4v) is 4.63. The fraction of sp³-hybridized carbons (Fsp3) is 0.333. The maximum Gasteiger partial charge on any atom is 0.410 e. The zero-order chi connectivity index (χ0) is 20.8. The minimum absolute atomic E-state index is 0.195. The van der Waals surface area contributed by atoms with Gasteiger partial charge in [0.25, 0.3) is 10.0 Å². The second-order valence-electron chi connectivity index (χ2n) is 8.21. The molecule has 1 saturated heterocycles. The molecule has 1 aromatic heterocycles. The number of benzene rings is 2. The molecule has 8 heteroatoms. The molecule has 0 aliphatic carbocycles. The van der Waals surface area contributed by atoms with Crippen LogP contribution >= 0.6 is 0 Å². The highest BCUT2D eigenvalue weighted by atomic mass is 32.2. The Balaban J connectivity index is 1.54. The first-order valence-electron chi connectivity index (χ1n) is 9.41. The molecule has 0 saturated carbocycles. The first kappa shape index (κ1) is 19.4. The van der Waals surface area contributed by atoms with Crippen LogP contribution in [0.5, 0.6) is 0 Å². The van der Waals surface area contributed by atoms with Crippen LogP contribution in [0.1, 0.15) is 32.3 Å². The van der Waals surface area contributed by atoms with Gasteiger partial charge in [-0.05, 0) is 50.6 Å². The predicted octanol–water partition coefficient (Wildman–Crippen LogP) is 3.61. The lowest BCUT2D eigenvalue weighted by atomic mass is 9.91. The van der Waals surface area contributed by atoms with Crippen LogP contribution in [-0.4, -0.2) is 47.3 Å². The van der Waals surface area contributed by atoms with Crippen molar-refractivity contribution in [3.8, 4) is 0 Å². The fourth-order valence-electron chi connectivity index (χ4n) is 3.33. The molecule has 0 atom stereocenters. The summed E-state index contributed by atoms with van der Waals surface area (Å²) in [4.78, 5) is 14.0. The van der Waals surface area contributed by atoms with E-state index in [0.717, 1.165) is 15.0 Å². The highest BCUT2D eigenvalue weighted by Crippen LogP contribution is 2.31. The first-order valence-corrected chi connectivity index (χ1v) is 10.9. The minimum Gasteiger partial charge on any atom is -0.444 e. The van der Waals surface area contributed by atoms with E-state index < -0.39 is 15.6 Å². The third-order valence-corrected chi connectivity index (χ3v) is 6.45. The summed E-state index contributed by atoms with van der Waals surface area (Å²) >= 11 is 0. The van der Waals surface area contributed by atoms with Crippen molar-refractivity contribution in [2.45, 2.75) is 37.2 Å². The first-order chi connectivity index (χ1) is 13.6. The molecular weight excluding hydrogens is 390 g/mol. The molecule has 0 radical (unpaired) electrons. The lowest BCUT2D eigenvalue weighted by molar-refractivity contribution is 0.00820. The molecule has 0 unspecified atom stereocenters. The summed E-state index contributed by atoms with van der Waals surface area (Å²) < 4.78 is 32.2. The number of carbonyl (C=O) groups is 1. The van der Waals surface area contributed by atoms with Gasteiger partial charge in [-0.3, -0.25) is 0 Å². The molecule has 7 nitrogen and oxygen atoms in total. The number of amides is 1. The Kier molecular flexibility index (Phi) is 4.61. The van der Waals surface area contributed by atoms with Crippen LogP contribution in [0.4, 0.5) is 4.79 Å². The van der Waals surface area contributed by atoms with Crippen LogP contribution in [0.25, 0.3) is 10.9 Å². The number of aromatic nitrogens is 2. The number of carbonyl (C=O) groups excluding carboxylic acids is 1. The summed E-state index contributed by atoms with van der Waals surface area (Å²) in [5.74, 6) is 0.195. The van der Waals surface area contributed by atoms with Crippen LogP contribution in [0.15, 0.2) is 59.6 Å². The molecule has 4 rings (SSSR count). The SMILES string of the molecule is CC(C)(C)OC(=O)N1CC(c2ccc3c(cnn3S(=O)(=O)c3ccccc3)c2)C1. The Morgan fingerprint density at radius 3 is 2.45 bits per heavy atom. The summed E-state index contributed by atoms with van der Waals surface area (Å²) in [7, 11) is -3.75. The Morgan fingerprint density at radius 2 is 1.79 bits per heavy atom. The summed E-state index contributed by atoms with van der Waals surface area (Å²) in [6, 6.07) is 13.9. The van der Waals surface area contributed by atoms with E-state index in [1.54, 1.807) is 47.5 Å². The molecule has 1 fully saturated rings. The molecule has 1 amide bonds. The van der Waals surface area contributed by atoms with Crippen molar-refractivity contribution in [1.29, 1.82) is 0 Å². The van der Waals surface area contributed by atoms with Crippen molar-refractivity contribution in [2.75, 3.05) is 13.1 Å². The van der Waals surface area contributed by atoms with Crippen molar-refractivity contribution < 1.29 is 17.9 Å². The molecular formula is C21H23N3O4S. The van der Waals surface area contributed by atoms with E-state index in [1.807, 2.05) is 32.9 Å². The largest absolute Gasteiger partial charge is 0.444 e. The van der Waals surface area contributed by atoms with Crippen molar-refractivity contribution in [1.82, 2.24) is 14.1 Å². The topological polar surface area (TPSA) is 81.5 Å². The average Bonchev–Trinajstić information content (AvgIpc) is 3.04. The summed E-state index contributed by atoms with van der Waals surface area (Å²) in [6.07, 6.45) is 1.25. The molecule has 29 heavy (non-hydrogen) atoms. The highest BCUT2D eigenvalue weighted by Gasteiger charge is 2.34. The van der Waals surface area contributed by atoms with E-state index in [1.165, 1.54) is 0 Å². The third kappa shape index (κ3) is 3.72. The van der Waals surface area contributed by atoms with Gasteiger partial charge >= 0.3 is 6.09 Å². The van der Waals surface area contributed by atoms with Gasteiger partial charge in [0.2, 0.25) is 0 Å². The zero-order valence-electron chi connectivity index (χ0n) is 16.6. The summed E-state index contributed by atoms with van der Waals surface area (Å²) in [5.41, 5.74) is 1.06. The number of hydrogen-bond donors (Lipinski definition) is 0. The van der Waals surface area contributed by atoms with E-state index in [-0.39, 0.29) is 16.9 Å². The Labute approximate surface area is 169 Å². The van der Waals surface area contributed by atoms with E-state index in [4.69, 9.17) is 4.74 Å². The Hall–Kier alpha value is -2.87. The van der Waals surface area contributed by atoms with Gasteiger partial charge in [0, 0.05) is 24.4 Å². The van der Waals surface area contributed by atoms with Gasteiger partial charge in [0.05, 0.1) is 16.6 Å². The van der Waals surface area contributed by atoms with Crippen LogP contribution in [0.3, 0.4) is 0 Å². The highest BCUT2D eigenvalue weighted by molar-refractivity contribution is 7.90. The second kappa shape index (κ2) is 6.88.